The van der Waals surface area contributed by atoms with Crippen molar-refractivity contribution in [3.8, 4) is 0 Å². The first kappa shape index (κ1) is 18.6. The Morgan fingerprint density at radius 1 is 1.19 bits per heavy atom. The third-order valence-corrected chi connectivity index (χ3v) is 5.06. The van der Waals surface area contributed by atoms with Crippen molar-refractivity contribution in [2.45, 2.75) is 26.4 Å². The van der Waals surface area contributed by atoms with Gasteiger partial charge in [-0.1, -0.05) is 13.0 Å². The molecule has 3 heterocycles. The second-order valence-corrected chi connectivity index (χ2v) is 6.67. The van der Waals surface area contributed by atoms with Crippen LogP contribution in [0.15, 0.2) is 29.4 Å². The summed E-state index contributed by atoms with van der Waals surface area (Å²) >= 11 is 0. The number of aliphatic imine (C=N–C) groups is 1. The molecule has 3 rings (SSSR count). The molecular weight excluding hydrogens is 328 g/mol. The average Bonchev–Trinajstić information content (AvgIpc) is 3.11. The fourth-order valence-corrected chi connectivity index (χ4v) is 3.29. The predicted octanol–water partition coefficient (Wildman–Crippen LogP) is 0.420. The zero-order valence-corrected chi connectivity index (χ0v) is 16.0. The first-order valence-electron chi connectivity index (χ1n) is 9.40. The first-order chi connectivity index (χ1) is 12.7. The van der Waals surface area contributed by atoms with Gasteiger partial charge >= 0.3 is 0 Å². The topological polar surface area (TPSA) is 73.1 Å². The first-order valence-corrected chi connectivity index (χ1v) is 9.40. The maximum atomic E-state index is 4.32. The Labute approximate surface area is 155 Å². The molecule has 0 aliphatic carbocycles. The van der Waals surface area contributed by atoms with Crippen LogP contribution in [0.3, 0.4) is 0 Å². The highest BCUT2D eigenvalue weighted by Crippen LogP contribution is 2.05. The van der Waals surface area contributed by atoms with Crippen LogP contribution in [0.2, 0.25) is 0 Å². The number of nitrogens with one attached hydrogen (secondary N) is 2. The molecule has 2 aromatic heterocycles. The smallest absolute Gasteiger partial charge is 0.191 e. The lowest BCUT2D eigenvalue weighted by Crippen LogP contribution is -2.53. The van der Waals surface area contributed by atoms with Crippen molar-refractivity contribution >= 4 is 11.6 Å². The lowest BCUT2D eigenvalue weighted by Gasteiger charge is -2.37. The van der Waals surface area contributed by atoms with E-state index in [1.54, 1.807) is 7.05 Å². The minimum Gasteiger partial charge on any atom is -0.355 e. The van der Waals surface area contributed by atoms with Crippen molar-refractivity contribution in [1.82, 2.24) is 35.0 Å². The molecule has 26 heavy (non-hydrogen) atoms. The van der Waals surface area contributed by atoms with Crippen LogP contribution in [0.4, 0.5) is 0 Å². The number of rotatable bonds is 6. The van der Waals surface area contributed by atoms with Gasteiger partial charge < -0.3 is 15.5 Å². The highest BCUT2D eigenvalue weighted by Gasteiger charge is 2.20. The van der Waals surface area contributed by atoms with E-state index in [0.717, 1.165) is 56.7 Å². The van der Waals surface area contributed by atoms with Crippen molar-refractivity contribution in [3.05, 3.63) is 30.2 Å². The van der Waals surface area contributed by atoms with Crippen LogP contribution in [-0.4, -0.2) is 82.7 Å². The molecule has 0 amide bonds. The number of likely N-dealkylation sites (N-methyl/N-ethyl adjacent to an activating group) is 1. The number of pyridine rings is 1. The van der Waals surface area contributed by atoms with Crippen molar-refractivity contribution in [2.24, 2.45) is 4.99 Å². The van der Waals surface area contributed by atoms with Gasteiger partial charge in [0.1, 0.15) is 0 Å². The van der Waals surface area contributed by atoms with Gasteiger partial charge in [0, 0.05) is 52.0 Å². The summed E-state index contributed by atoms with van der Waals surface area (Å²) in [5.74, 6) is 1.66. The molecule has 1 aliphatic heterocycles. The summed E-state index contributed by atoms with van der Waals surface area (Å²) in [5.41, 5.74) is 0.854. The van der Waals surface area contributed by atoms with Crippen molar-refractivity contribution < 1.29 is 0 Å². The van der Waals surface area contributed by atoms with Crippen LogP contribution >= 0.6 is 0 Å². The highest BCUT2D eigenvalue weighted by molar-refractivity contribution is 5.79. The lowest BCUT2D eigenvalue weighted by molar-refractivity contribution is 0.107. The molecule has 1 unspecified atom stereocenters. The maximum Gasteiger partial charge on any atom is 0.191 e. The Morgan fingerprint density at radius 3 is 2.73 bits per heavy atom. The highest BCUT2D eigenvalue weighted by atomic mass is 15.3. The minimum absolute atomic E-state index is 0.474. The van der Waals surface area contributed by atoms with E-state index >= 15 is 0 Å². The van der Waals surface area contributed by atoms with Crippen LogP contribution in [0.1, 0.15) is 19.7 Å². The average molecular weight is 358 g/mol. The van der Waals surface area contributed by atoms with Gasteiger partial charge in [-0.25, -0.2) is 0 Å². The Balaban J connectivity index is 1.46. The van der Waals surface area contributed by atoms with E-state index in [2.05, 4.69) is 49.5 Å². The maximum absolute atomic E-state index is 4.32. The SMILES string of the molecule is CCN1CCN(C(C)CNC(=NC)NCc2nnc3ccccn23)CC1. The molecule has 1 aliphatic rings. The zero-order valence-electron chi connectivity index (χ0n) is 16.0. The van der Waals surface area contributed by atoms with Gasteiger partial charge in [-0.05, 0) is 25.6 Å². The molecular formula is C18H30N8. The minimum atomic E-state index is 0.474. The molecule has 0 spiro atoms. The van der Waals surface area contributed by atoms with E-state index in [1.165, 1.54) is 0 Å². The van der Waals surface area contributed by atoms with Gasteiger partial charge in [0.2, 0.25) is 0 Å². The van der Waals surface area contributed by atoms with Crippen LogP contribution < -0.4 is 10.6 Å². The zero-order chi connectivity index (χ0) is 18.4. The van der Waals surface area contributed by atoms with Crippen LogP contribution in [0.25, 0.3) is 5.65 Å². The van der Waals surface area contributed by atoms with E-state index in [9.17, 15) is 0 Å². The summed E-state index contributed by atoms with van der Waals surface area (Å²) in [6.07, 6.45) is 1.97. The number of guanidine groups is 1. The molecule has 1 saturated heterocycles. The van der Waals surface area contributed by atoms with Gasteiger partial charge in [0.05, 0.1) is 6.54 Å². The molecule has 142 valence electrons. The van der Waals surface area contributed by atoms with E-state index < -0.39 is 0 Å². The van der Waals surface area contributed by atoms with Gasteiger partial charge in [0.25, 0.3) is 0 Å². The third kappa shape index (κ3) is 4.50. The van der Waals surface area contributed by atoms with Crippen molar-refractivity contribution in [2.75, 3.05) is 46.3 Å². The summed E-state index contributed by atoms with van der Waals surface area (Å²) in [6.45, 7) is 11.7. The van der Waals surface area contributed by atoms with E-state index in [4.69, 9.17) is 0 Å². The fraction of sp³-hybridized carbons (Fsp3) is 0.611. The molecule has 2 N–H and O–H groups in total. The predicted molar refractivity (Wildman–Crippen MR) is 104 cm³/mol. The molecule has 0 radical (unpaired) electrons. The second-order valence-electron chi connectivity index (χ2n) is 6.67. The van der Waals surface area contributed by atoms with Gasteiger partial charge in [0.15, 0.2) is 17.4 Å². The van der Waals surface area contributed by atoms with Crippen molar-refractivity contribution in [1.29, 1.82) is 0 Å². The Kier molecular flexibility index (Phi) is 6.40. The summed E-state index contributed by atoms with van der Waals surface area (Å²) in [4.78, 5) is 9.36. The molecule has 1 fully saturated rings. The molecule has 0 bridgehead atoms. The molecule has 8 heteroatoms. The van der Waals surface area contributed by atoms with E-state index in [0.29, 0.717) is 12.6 Å². The molecule has 2 aromatic rings. The number of hydrogen-bond acceptors (Lipinski definition) is 5. The summed E-state index contributed by atoms with van der Waals surface area (Å²) in [5, 5.41) is 15.2. The monoisotopic (exact) mass is 358 g/mol. The lowest BCUT2D eigenvalue weighted by atomic mass is 10.2. The quantitative estimate of drug-likeness (QED) is 0.576. The fourth-order valence-electron chi connectivity index (χ4n) is 3.29. The number of piperazine rings is 1. The van der Waals surface area contributed by atoms with Gasteiger partial charge in [-0.2, -0.15) is 0 Å². The summed E-state index contributed by atoms with van der Waals surface area (Å²) in [7, 11) is 1.79. The third-order valence-electron chi connectivity index (χ3n) is 5.06. The Bertz CT molecular complexity index is 717. The standard InChI is InChI=1S/C18H30N8/c1-4-24-9-11-25(12-10-24)15(2)13-20-18(19-3)21-14-17-23-22-16-7-5-6-8-26(16)17/h5-8,15H,4,9-14H2,1-3H3,(H2,19,20,21). The molecule has 8 nitrogen and oxygen atoms in total. The van der Waals surface area contributed by atoms with Crippen LogP contribution in [-0.2, 0) is 6.54 Å². The molecule has 0 aromatic carbocycles. The molecule has 0 saturated carbocycles. The van der Waals surface area contributed by atoms with Gasteiger partial charge in [-0.15, -0.1) is 10.2 Å². The largest absolute Gasteiger partial charge is 0.355 e. The van der Waals surface area contributed by atoms with E-state index in [1.807, 2.05) is 28.8 Å². The van der Waals surface area contributed by atoms with E-state index in [-0.39, 0.29) is 0 Å². The Morgan fingerprint density at radius 2 is 2.00 bits per heavy atom. The Hall–Kier alpha value is -2.19. The van der Waals surface area contributed by atoms with Crippen LogP contribution in [0, 0.1) is 0 Å². The number of hydrogen-bond donors (Lipinski definition) is 2. The number of fused-ring (bicyclic) bond motifs is 1. The van der Waals surface area contributed by atoms with Crippen molar-refractivity contribution in [3.63, 3.8) is 0 Å². The second kappa shape index (κ2) is 8.95. The normalized spacial score (nSPS) is 18.2. The number of aromatic nitrogens is 3. The summed E-state index contributed by atoms with van der Waals surface area (Å²) < 4.78 is 1.98. The van der Waals surface area contributed by atoms with Crippen LogP contribution in [0.5, 0.6) is 0 Å². The molecule has 1 atom stereocenters. The summed E-state index contributed by atoms with van der Waals surface area (Å²) in [6, 6.07) is 6.36. The number of nitrogens with zero attached hydrogens (tertiary/aromatic N) is 6. The van der Waals surface area contributed by atoms with Gasteiger partial charge in [-0.3, -0.25) is 14.3 Å².